The molecule has 14 heteroatoms. The number of rotatable bonds is 23. The molecule has 55 heavy (non-hydrogen) atoms. The van der Waals surface area contributed by atoms with Crippen LogP contribution in [0.2, 0.25) is 13.6 Å². The Hall–Kier alpha value is -2.68. The fourth-order valence-electron chi connectivity index (χ4n) is 7.31. The maximum Gasteiger partial charge on any atom is 0.373 e. The van der Waals surface area contributed by atoms with Crippen molar-refractivity contribution >= 4 is 20.1 Å². The van der Waals surface area contributed by atoms with Crippen LogP contribution in [0.15, 0.2) is 36.4 Å². The number of hydrogen-bond donors (Lipinski definition) is 4. The lowest BCUT2D eigenvalue weighted by atomic mass is 9.85. The van der Waals surface area contributed by atoms with Gasteiger partial charge in [0, 0.05) is 57.1 Å². The largest absolute Gasteiger partial charge is 0.467 e. The predicted molar refractivity (Wildman–Crippen MR) is 221 cm³/mol. The molecule has 1 aliphatic rings. The quantitative estimate of drug-likeness (QED) is 0.0678. The zero-order valence-electron chi connectivity index (χ0n) is 35.4. The van der Waals surface area contributed by atoms with Crippen molar-refractivity contribution in [2.24, 2.45) is 5.41 Å². The van der Waals surface area contributed by atoms with Crippen molar-refractivity contribution in [2.75, 3.05) is 54.0 Å². The number of nitrogens with zero attached hydrogens (tertiary/aromatic N) is 2. The number of carbonyl (C=O) groups excluding carboxylic acids is 1. The SMILES string of the molecule is COCOc1ccc(CCNB(C)O)cc1CN(CC(=O)OC(C)(C)C)[C@@H]1CCCC[C@H]1N(Cc1cc(CCNB(C)O)ccc1OCOC)CC(C)(C)C. The van der Waals surface area contributed by atoms with Gasteiger partial charge in [-0.2, -0.15) is 0 Å². The minimum atomic E-state index is -0.620. The average molecular weight is 769 g/mol. The highest BCUT2D eigenvalue weighted by Crippen LogP contribution is 2.35. The van der Waals surface area contributed by atoms with Crippen molar-refractivity contribution in [3.05, 3.63) is 58.7 Å². The third-order valence-electron chi connectivity index (χ3n) is 9.43. The van der Waals surface area contributed by atoms with E-state index in [1.165, 1.54) is 0 Å². The molecular weight excluding hydrogens is 698 g/mol. The molecule has 1 aliphatic carbocycles. The Morgan fingerprint density at radius 3 is 1.64 bits per heavy atom. The van der Waals surface area contributed by atoms with E-state index >= 15 is 0 Å². The van der Waals surface area contributed by atoms with E-state index < -0.39 is 19.7 Å². The number of hydrogen-bond acceptors (Lipinski definition) is 12. The number of methoxy groups -OCH3 is 2. The highest BCUT2D eigenvalue weighted by atomic mass is 16.7. The lowest BCUT2D eigenvalue weighted by Crippen LogP contribution is -2.55. The minimum absolute atomic E-state index is 0.0140. The van der Waals surface area contributed by atoms with Crippen molar-refractivity contribution in [3.63, 3.8) is 0 Å². The molecule has 0 spiro atoms. The number of nitrogens with one attached hydrogen (secondary N) is 2. The van der Waals surface area contributed by atoms with Gasteiger partial charge in [-0.25, -0.2) is 0 Å². The molecule has 0 aliphatic heterocycles. The van der Waals surface area contributed by atoms with Crippen molar-refractivity contribution in [1.29, 1.82) is 0 Å². The third kappa shape index (κ3) is 17.6. The first-order valence-corrected chi connectivity index (χ1v) is 20.0. The van der Waals surface area contributed by atoms with E-state index in [2.05, 4.69) is 59.2 Å². The van der Waals surface area contributed by atoms with Gasteiger partial charge in [-0.3, -0.25) is 14.6 Å². The molecule has 0 saturated heterocycles. The first-order valence-electron chi connectivity index (χ1n) is 20.0. The van der Waals surface area contributed by atoms with Crippen LogP contribution >= 0.6 is 0 Å². The van der Waals surface area contributed by atoms with Gasteiger partial charge >= 0.3 is 20.1 Å². The second-order valence-electron chi connectivity index (χ2n) is 17.1. The van der Waals surface area contributed by atoms with E-state index in [4.69, 9.17) is 23.7 Å². The van der Waals surface area contributed by atoms with Crippen LogP contribution in [0.5, 0.6) is 11.5 Å². The van der Waals surface area contributed by atoms with Gasteiger partial charge in [0.25, 0.3) is 0 Å². The summed E-state index contributed by atoms with van der Waals surface area (Å²) in [5.41, 5.74) is 3.67. The lowest BCUT2D eigenvalue weighted by molar-refractivity contribution is -0.157. The molecule has 2 atom stereocenters. The van der Waals surface area contributed by atoms with Gasteiger partial charge in [0.1, 0.15) is 17.1 Å². The first kappa shape index (κ1) is 46.7. The molecule has 0 unspecified atom stereocenters. The van der Waals surface area contributed by atoms with Crippen LogP contribution in [0.1, 0.15) is 89.5 Å². The zero-order valence-corrected chi connectivity index (χ0v) is 35.4. The molecule has 2 aromatic carbocycles. The summed E-state index contributed by atoms with van der Waals surface area (Å²) in [6.45, 7) is 19.6. The Kier molecular flexibility index (Phi) is 19.4. The highest BCUT2D eigenvalue weighted by molar-refractivity contribution is 6.45. The summed E-state index contributed by atoms with van der Waals surface area (Å²) in [6.07, 6.45) is 5.55. The van der Waals surface area contributed by atoms with E-state index in [0.29, 0.717) is 31.9 Å². The molecule has 0 amide bonds. The smallest absolute Gasteiger partial charge is 0.373 e. The Morgan fingerprint density at radius 1 is 0.764 bits per heavy atom. The van der Waals surface area contributed by atoms with Crippen LogP contribution in [0, 0.1) is 5.41 Å². The first-order chi connectivity index (χ1) is 26.0. The van der Waals surface area contributed by atoms with Crippen molar-refractivity contribution in [3.8, 4) is 11.5 Å². The summed E-state index contributed by atoms with van der Waals surface area (Å²) in [5, 5.41) is 25.8. The average Bonchev–Trinajstić information content (AvgIpc) is 3.08. The summed E-state index contributed by atoms with van der Waals surface area (Å²) in [5.74, 6) is 1.24. The summed E-state index contributed by atoms with van der Waals surface area (Å²) in [4.78, 5) is 18.6. The molecule has 4 N–H and O–H groups in total. The van der Waals surface area contributed by atoms with Crippen molar-refractivity contribution < 1.29 is 38.5 Å². The molecule has 308 valence electrons. The highest BCUT2D eigenvalue weighted by Gasteiger charge is 2.38. The molecular formula is C41H70B2N4O8. The second kappa shape index (κ2) is 22.9. The third-order valence-corrected chi connectivity index (χ3v) is 9.43. The van der Waals surface area contributed by atoms with E-state index in [9.17, 15) is 14.8 Å². The molecule has 1 fully saturated rings. The maximum atomic E-state index is 13.7. The summed E-state index contributed by atoms with van der Waals surface area (Å²) in [7, 11) is 2.07. The summed E-state index contributed by atoms with van der Waals surface area (Å²) < 4.78 is 28.8. The Balaban J connectivity index is 2.08. The van der Waals surface area contributed by atoms with Gasteiger partial charge < -0.3 is 44.2 Å². The Labute approximate surface area is 332 Å². The predicted octanol–water partition coefficient (Wildman–Crippen LogP) is 5.14. The second-order valence-corrected chi connectivity index (χ2v) is 17.1. The van der Waals surface area contributed by atoms with Crippen molar-refractivity contribution in [1.82, 2.24) is 20.3 Å². The van der Waals surface area contributed by atoms with Crippen LogP contribution in [-0.4, -0.2) is 112 Å². The van der Waals surface area contributed by atoms with Gasteiger partial charge in [-0.1, -0.05) is 57.9 Å². The van der Waals surface area contributed by atoms with Gasteiger partial charge in [0.15, 0.2) is 13.6 Å². The van der Waals surface area contributed by atoms with Gasteiger partial charge in [0.2, 0.25) is 0 Å². The number of carbonyl (C=O) groups is 1. The molecule has 0 radical (unpaired) electrons. The zero-order chi connectivity index (χ0) is 40.6. The van der Waals surface area contributed by atoms with Gasteiger partial charge in [-0.05, 0) is 102 Å². The van der Waals surface area contributed by atoms with Crippen LogP contribution in [0.25, 0.3) is 0 Å². The fourth-order valence-corrected chi connectivity index (χ4v) is 7.31. The van der Waals surface area contributed by atoms with E-state index in [0.717, 1.165) is 73.1 Å². The molecule has 0 bridgehead atoms. The lowest BCUT2D eigenvalue weighted by Gasteiger charge is -2.47. The monoisotopic (exact) mass is 769 g/mol. The van der Waals surface area contributed by atoms with Crippen LogP contribution in [0.4, 0.5) is 0 Å². The normalized spacial score (nSPS) is 16.4. The molecule has 1 saturated carbocycles. The molecule has 0 heterocycles. The number of benzene rings is 2. The Bertz CT molecular complexity index is 1440. The molecule has 12 nitrogen and oxygen atoms in total. The van der Waals surface area contributed by atoms with Crippen LogP contribution in [0.3, 0.4) is 0 Å². The van der Waals surface area contributed by atoms with E-state index in [-0.39, 0.29) is 43.6 Å². The fraction of sp³-hybridized carbons (Fsp3) is 0.683. The number of esters is 1. The number of ether oxygens (including phenoxy) is 5. The summed E-state index contributed by atoms with van der Waals surface area (Å²) in [6, 6.07) is 12.7. The van der Waals surface area contributed by atoms with E-state index in [1.54, 1.807) is 27.9 Å². The van der Waals surface area contributed by atoms with Gasteiger partial charge in [-0.15, -0.1) is 0 Å². The standard InChI is InChI=1S/C41H70B2N4O8/c1-40(2,3)28-47(26-34-24-32(20-22-45-43(8)50)16-18-38(34)54-30-52-10)36-14-12-11-13-35(36)46(27-39(48)55-41(4,5)6)25-33-23-31(19-21-44-42(7)49)15-17-37(33)53-29-51-9/h15-18,23-24,35-36,44-45,49-50H,11-14,19-22,25-30H2,1-10H3/t35-,36-/m1/s1. The molecule has 3 rings (SSSR count). The van der Waals surface area contributed by atoms with E-state index in [1.807, 2.05) is 39.0 Å². The minimum Gasteiger partial charge on any atom is -0.467 e. The Morgan fingerprint density at radius 2 is 1.22 bits per heavy atom. The molecule has 2 aromatic rings. The molecule has 0 aromatic heterocycles. The topological polar surface area (TPSA) is 134 Å². The summed E-state index contributed by atoms with van der Waals surface area (Å²) >= 11 is 0. The maximum absolute atomic E-state index is 13.7. The van der Waals surface area contributed by atoms with Crippen molar-refractivity contribution in [2.45, 2.75) is 124 Å². The van der Waals surface area contributed by atoms with Crippen LogP contribution in [-0.2, 0) is 44.9 Å². The van der Waals surface area contributed by atoms with Crippen LogP contribution < -0.4 is 19.9 Å². The van der Waals surface area contributed by atoms with Gasteiger partial charge in [0.05, 0.1) is 6.54 Å².